The van der Waals surface area contributed by atoms with Gasteiger partial charge in [-0.15, -0.1) is 0 Å². The Bertz CT molecular complexity index is 962. The number of rotatable bonds is 5. The molecule has 0 bridgehead atoms. The average molecular weight is 381 g/mol. The van der Waals surface area contributed by atoms with E-state index in [1.54, 1.807) is 0 Å². The van der Waals surface area contributed by atoms with Crippen LogP contribution >= 0.6 is 0 Å². The number of carbonyl (C=O) groups is 1. The van der Waals surface area contributed by atoms with Gasteiger partial charge in [0.1, 0.15) is 11.8 Å². The molecule has 3 heterocycles. The molecule has 0 aliphatic carbocycles. The van der Waals surface area contributed by atoms with Gasteiger partial charge in [0.25, 0.3) is 0 Å². The Balaban J connectivity index is 1.50. The summed E-state index contributed by atoms with van der Waals surface area (Å²) in [6, 6.07) is 9.60. The first kappa shape index (κ1) is 18.1. The molecule has 1 aliphatic rings. The SMILES string of the molecule is Nc1ccc(Nc2ncnn3ccc(CN4CCC(NC(=O)O)CC4)c23)cc1. The third-order valence-corrected chi connectivity index (χ3v) is 5.02. The molecular weight excluding hydrogens is 358 g/mol. The third kappa shape index (κ3) is 3.99. The number of likely N-dealkylation sites (tertiary alicyclic amines) is 1. The summed E-state index contributed by atoms with van der Waals surface area (Å²) in [5, 5.41) is 19.1. The molecule has 146 valence electrons. The molecule has 0 atom stereocenters. The van der Waals surface area contributed by atoms with E-state index in [1.165, 1.54) is 6.33 Å². The number of nitrogen functional groups attached to an aromatic ring is 1. The molecule has 1 saturated heterocycles. The van der Waals surface area contributed by atoms with Crippen molar-refractivity contribution in [3.8, 4) is 0 Å². The minimum atomic E-state index is -0.951. The zero-order valence-corrected chi connectivity index (χ0v) is 15.4. The first-order chi connectivity index (χ1) is 13.6. The number of hydrogen-bond acceptors (Lipinski definition) is 6. The number of nitrogens with two attached hydrogens (primary N) is 1. The summed E-state index contributed by atoms with van der Waals surface area (Å²) < 4.78 is 1.82. The van der Waals surface area contributed by atoms with Crippen LogP contribution in [0.4, 0.5) is 22.0 Å². The van der Waals surface area contributed by atoms with Crippen molar-refractivity contribution in [2.24, 2.45) is 0 Å². The molecule has 5 N–H and O–H groups in total. The number of amides is 1. The fourth-order valence-electron chi connectivity index (χ4n) is 3.59. The Morgan fingerprint density at radius 3 is 2.68 bits per heavy atom. The smallest absolute Gasteiger partial charge is 0.404 e. The Labute approximate surface area is 162 Å². The summed E-state index contributed by atoms with van der Waals surface area (Å²) in [6.45, 7) is 2.45. The molecule has 0 spiro atoms. The maximum Gasteiger partial charge on any atom is 0.404 e. The summed E-state index contributed by atoms with van der Waals surface area (Å²) >= 11 is 0. The van der Waals surface area contributed by atoms with Crippen LogP contribution in [0.2, 0.25) is 0 Å². The van der Waals surface area contributed by atoms with E-state index in [0.29, 0.717) is 5.69 Å². The Morgan fingerprint density at radius 2 is 1.96 bits per heavy atom. The van der Waals surface area contributed by atoms with Crippen molar-refractivity contribution in [2.45, 2.75) is 25.4 Å². The lowest BCUT2D eigenvalue weighted by Gasteiger charge is -2.31. The number of anilines is 3. The second-order valence-corrected chi connectivity index (χ2v) is 6.99. The van der Waals surface area contributed by atoms with Crippen LogP contribution in [0.15, 0.2) is 42.9 Å². The Kier molecular flexibility index (Phi) is 4.98. The van der Waals surface area contributed by atoms with E-state index in [9.17, 15) is 4.79 Å². The van der Waals surface area contributed by atoms with Crippen LogP contribution in [0.1, 0.15) is 18.4 Å². The van der Waals surface area contributed by atoms with Gasteiger partial charge >= 0.3 is 6.09 Å². The molecule has 28 heavy (non-hydrogen) atoms. The highest BCUT2D eigenvalue weighted by Gasteiger charge is 2.22. The maximum atomic E-state index is 10.8. The number of carboxylic acid groups (broad SMARTS) is 1. The minimum Gasteiger partial charge on any atom is -0.465 e. The van der Waals surface area contributed by atoms with Gasteiger partial charge in [-0.2, -0.15) is 5.10 Å². The van der Waals surface area contributed by atoms with Gasteiger partial charge in [-0.3, -0.25) is 4.90 Å². The fourth-order valence-corrected chi connectivity index (χ4v) is 3.59. The minimum absolute atomic E-state index is 0.0330. The molecular formula is C19H23N7O2. The normalized spacial score (nSPS) is 15.6. The number of fused-ring (bicyclic) bond motifs is 1. The number of hydrogen-bond donors (Lipinski definition) is 4. The van der Waals surface area contributed by atoms with Crippen LogP contribution in [0.3, 0.4) is 0 Å². The molecule has 4 rings (SSSR count). The van der Waals surface area contributed by atoms with Gasteiger partial charge in [-0.1, -0.05) is 0 Å². The van der Waals surface area contributed by atoms with E-state index in [4.69, 9.17) is 10.8 Å². The van der Waals surface area contributed by atoms with Crippen molar-refractivity contribution in [3.63, 3.8) is 0 Å². The number of nitrogens with zero attached hydrogens (tertiary/aromatic N) is 4. The topological polar surface area (TPSA) is 121 Å². The van der Waals surface area contributed by atoms with Crippen LogP contribution in [-0.2, 0) is 6.54 Å². The molecule has 0 unspecified atom stereocenters. The van der Waals surface area contributed by atoms with Gasteiger partial charge in [0.15, 0.2) is 5.82 Å². The second kappa shape index (κ2) is 7.73. The lowest BCUT2D eigenvalue weighted by atomic mass is 10.0. The summed E-state index contributed by atoms with van der Waals surface area (Å²) in [5.41, 5.74) is 9.44. The average Bonchev–Trinajstić information content (AvgIpc) is 3.09. The van der Waals surface area contributed by atoms with Crippen molar-refractivity contribution in [1.82, 2.24) is 24.8 Å². The van der Waals surface area contributed by atoms with E-state index in [2.05, 4.69) is 31.7 Å². The van der Waals surface area contributed by atoms with Gasteiger partial charge < -0.3 is 21.5 Å². The number of piperidine rings is 1. The predicted octanol–water partition coefficient (Wildman–Crippen LogP) is 2.29. The van der Waals surface area contributed by atoms with Gasteiger partial charge in [-0.25, -0.2) is 14.3 Å². The summed E-state index contributed by atoms with van der Waals surface area (Å²) in [7, 11) is 0. The van der Waals surface area contributed by atoms with E-state index in [-0.39, 0.29) is 6.04 Å². The Hall–Kier alpha value is -3.33. The maximum absolute atomic E-state index is 10.8. The molecule has 1 amide bonds. The quantitative estimate of drug-likeness (QED) is 0.500. The van der Waals surface area contributed by atoms with Crippen molar-refractivity contribution in [1.29, 1.82) is 0 Å². The summed E-state index contributed by atoms with van der Waals surface area (Å²) in [4.78, 5) is 17.6. The van der Waals surface area contributed by atoms with Crippen molar-refractivity contribution in [3.05, 3.63) is 48.4 Å². The molecule has 1 fully saturated rings. The predicted molar refractivity (Wildman–Crippen MR) is 107 cm³/mol. The highest BCUT2D eigenvalue weighted by atomic mass is 16.4. The van der Waals surface area contributed by atoms with Crippen molar-refractivity contribution in [2.75, 3.05) is 24.1 Å². The van der Waals surface area contributed by atoms with Crippen molar-refractivity contribution >= 4 is 28.8 Å². The van der Waals surface area contributed by atoms with E-state index in [1.807, 2.05) is 35.0 Å². The summed E-state index contributed by atoms with van der Waals surface area (Å²) in [5.74, 6) is 0.738. The Morgan fingerprint density at radius 1 is 1.21 bits per heavy atom. The second-order valence-electron chi connectivity index (χ2n) is 6.99. The summed E-state index contributed by atoms with van der Waals surface area (Å²) in [6.07, 6.45) is 4.13. The largest absolute Gasteiger partial charge is 0.465 e. The first-order valence-corrected chi connectivity index (χ1v) is 9.24. The first-order valence-electron chi connectivity index (χ1n) is 9.24. The van der Waals surface area contributed by atoms with Crippen LogP contribution in [0.5, 0.6) is 0 Å². The molecule has 2 aromatic heterocycles. The molecule has 9 heteroatoms. The standard InChI is InChI=1S/C19H23N7O2/c20-14-1-3-15(4-2-14)23-18-17-13(5-10-26(17)22-12-21-18)11-25-8-6-16(7-9-25)24-19(27)28/h1-5,10,12,16,24H,6-9,11,20H2,(H,27,28)(H,21,22,23). The van der Waals surface area contributed by atoms with E-state index < -0.39 is 6.09 Å². The number of aromatic nitrogens is 3. The van der Waals surface area contributed by atoms with Gasteiger partial charge in [0.05, 0.1) is 0 Å². The van der Waals surface area contributed by atoms with Crippen LogP contribution in [-0.4, -0.2) is 49.8 Å². The van der Waals surface area contributed by atoms with E-state index >= 15 is 0 Å². The molecule has 3 aromatic rings. The highest BCUT2D eigenvalue weighted by Crippen LogP contribution is 2.25. The molecule has 0 saturated carbocycles. The number of benzene rings is 1. The van der Waals surface area contributed by atoms with Crippen LogP contribution < -0.4 is 16.4 Å². The lowest BCUT2D eigenvalue weighted by molar-refractivity contribution is 0.165. The van der Waals surface area contributed by atoms with Crippen LogP contribution in [0, 0.1) is 0 Å². The third-order valence-electron chi connectivity index (χ3n) is 5.02. The molecule has 1 aliphatic heterocycles. The lowest BCUT2D eigenvalue weighted by Crippen LogP contribution is -2.43. The number of nitrogens with one attached hydrogen (secondary N) is 2. The van der Waals surface area contributed by atoms with E-state index in [0.717, 1.165) is 55.1 Å². The molecule has 9 nitrogen and oxygen atoms in total. The fraction of sp³-hybridized carbons (Fsp3) is 0.316. The van der Waals surface area contributed by atoms with Crippen molar-refractivity contribution < 1.29 is 9.90 Å². The molecule has 1 aromatic carbocycles. The highest BCUT2D eigenvalue weighted by molar-refractivity contribution is 5.76. The van der Waals surface area contributed by atoms with Gasteiger partial charge in [0, 0.05) is 43.2 Å². The van der Waals surface area contributed by atoms with Gasteiger partial charge in [0.2, 0.25) is 0 Å². The van der Waals surface area contributed by atoms with Gasteiger partial charge in [-0.05, 0) is 48.7 Å². The zero-order valence-electron chi connectivity index (χ0n) is 15.4. The molecule has 0 radical (unpaired) electrons. The monoisotopic (exact) mass is 381 g/mol. The van der Waals surface area contributed by atoms with Crippen LogP contribution in [0.25, 0.3) is 5.52 Å². The zero-order chi connectivity index (χ0) is 19.5.